The third-order valence-corrected chi connectivity index (χ3v) is 4.33. The van der Waals surface area contributed by atoms with Crippen LogP contribution in [0.3, 0.4) is 0 Å². The Bertz CT molecular complexity index is 1030. The lowest BCUT2D eigenvalue weighted by atomic mass is 9.91. The largest absolute Gasteiger partial charge is 0.573 e. The maximum Gasteiger partial charge on any atom is 0.573 e. The number of ketones is 1. The van der Waals surface area contributed by atoms with Crippen LogP contribution in [0.1, 0.15) is 22.3 Å². The average Bonchev–Trinajstić information content (AvgIpc) is 2.60. The summed E-state index contributed by atoms with van der Waals surface area (Å²) in [5.74, 6) is -0.169. The number of hydrogen-bond donors (Lipinski definition) is 0. The summed E-state index contributed by atoms with van der Waals surface area (Å²) in [6, 6.07) is 15.4. The smallest absolute Gasteiger partial charge is 0.406 e. The highest BCUT2D eigenvalue weighted by atomic mass is 19.4. The second-order valence-corrected chi connectivity index (χ2v) is 6.10. The van der Waals surface area contributed by atoms with Crippen LogP contribution in [-0.2, 0) is 0 Å². The number of carbonyl (C=O) groups is 1. The van der Waals surface area contributed by atoms with Crippen molar-refractivity contribution in [1.29, 1.82) is 0 Å². The van der Waals surface area contributed by atoms with E-state index < -0.39 is 6.36 Å². The number of hydrogen-bond acceptors (Lipinski definition) is 2. The van der Waals surface area contributed by atoms with Gasteiger partial charge in [0.25, 0.3) is 0 Å². The molecule has 0 unspecified atom stereocenters. The van der Waals surface area contributed by atoms with Gasteiger partial charge >= 0.3 is 6.36 Å². The summed E-state index contributed by atoms with van der Waals surface area (Å²) >= 11 is 0. The van der Waals surface area contributed by atoms with E-state index in [-0.39, 0.29) is 11.5 Å². The Morgan fingerprint density at radius 3 is 2.31 bits per heavy atom. The Balaban J connectivity index is 1.71. The van der Waals surface area contributed by atoms with Crippen LogP contribution in [0, 0.1) is 0 Å². The van der Waals surface area contributed by atoms with Gasteiger partial charge in [-0.3, -0.25) is 4.79 Å². The molecule has 130 valence electrons. The summed E-state index contributed by atoms with van der Waals surface area (Å²) in [5, 5.41) is 1.92. The molecule has 0 radical (unpaired) electrons. The third-order valence-electron chi connectivity index (χ3n) is 4.33. The lowest BCUT2D eigenvalue weighted by Gasteiger charge is -2.12. The fourth-order valence-corrected chi connectivity index (χ4v) is 3.13. The van der Waals surface area contributed by atoms with Crippen molar-refractivity contribution in [1.82, 2.24) is 0 Å². The topological polar surface area (TPSA) is 26.3 Å². The van der Waals surface area contributed by atoms with Crippen LogP contribution >= 0.6 is 0 Å². The van der Waals surface area contributed by atoms with Crippen LogP contribution in [0.15, 0.2) is 60.7 Å². The van der Waals surface area contributed by atoms with Gasteiger partial charge in [-0.15, -0.1) is 13.2 Å². The van der Waals surface area contributed by atoms with Gasteiger partial charge in [0.1, 0.15) is 5.75 Å². The van der Waals surface area contributed by atoms with Crippen molar-refractivity contribution in [2.75, 3.05) is 0 Å². The number of carbonyl (C=O) groups excluding carboxylic acids is 1. The Morgan fingerprint density at radius 2 is 1.58 bits per heavy atom. The van der Waals surface area contributed by atoms with E-state index in [9.17, 15) is 18.0 Å². The summed E-state index contributed by atoms with van der Waals surface area (Å²) in [7, 11) is 0. The van der Waals surface area contributed by atoms with Crippen molar-refractivity contribution in [2.45, 2.75) is 12.8 Å². The number of rotatable bonds is 2. The van der Waals surface area contributed by atoms with E-state index in [0.29, 0.717) is 12.0 Å². The molecule has 1 aliphatic rings. The van der Waals surface area contributed by atoms with Gasteiger partial charge in [0.15, 0.2) is 5.78 Å². The Hall–Kier alpha value is -3.08. The van der Waals surface area contributed by atoms with Gasteiger partial charge in [0.2, 0.25) is 0 Å². The second kappa shape index (κ2) is 6.02. The van der Waals surface area contributed by atoms with Crippen LogP contribution in [0.4, 0.5) is 13.2 Å². The standard InChI is InChI=1S/C21H13F3O2/c22-21(23,24)26-18-8-6-13(7-9-18)14-4-5-15-10-16-2-1-3-20(25)19(16)12-17(15)11-14/h1-2,4-12H,3H2. The first-order valence-electron chi connectivity index (χ1n) is 8.03. The predicted octanol–water partition coefficient (Wildman–Crippen LogP) is 6.01. The van der Waals surface area contributed by atoms with Gasteiger partial charge in [0.05, 0.1) is 0 Å². The molecule has 0 atom stereocenters. The number of Topliss-reactive ketones (excluding diaryl/α,β-unsaturated/α-hetero) is 1. The summed E-state index contributed by atoms with van der Waals surface area (Å²) in [6.07, 6.45) is -0.498. The number of ether oxygens (including phenoxy) is 1. The van der Waals surface area contributed by atoms with Crippen LogP contribution in [0.2, 0.25) is 0 Å². The molecule has 26 heavy (non-hydrogen) atoms. The molecule has 0 bridgehead atoms. The molecule has 0 fully saturated rings. The molecular weight excluding hydrogens is 341 g/mol. The average molecular weight is 354 g/mol. The molecule has 3 aromatic carbocycles. The van der Waals surface area contributed by atoms with Gasteiger partial charge < -0.3 is 4.74 Å². The van der Waals surface area contributed by atoms with E-state index in [1.165, 1.54) is 12.1 Å². The minimum absolute atomic E-state index is 0.0865. The maximum absolute atomic E-state index is 12.3. The molecule has 2 nitrogen and oxygen atoms in total. The molecule has 0 spiro atoms. The second-order valence-electron chi connectivity index (χ2n) is 6.10. The molecule has 0 aromatic heterocycles. The highest BCUT2D eigenvalue weighted by Crippen LogP contribution is 2.31. The summed E-state index contributed by atoms with van der Waals surface area (Å²) < 4.78 is 40.7. The quantitative estimate of drug-likeness (QED) is 0.564. The van der Waals surface area contributed by atoms with Crippen LogP contribution in [0.5, 0.6) is 5.75 Å². The minimum Gasteiger partial charge on any atom is -0.406 e. The van der Waals surface area contributed by atoms with Gasteiger partial charge in [-0.1, -0.05) is 36.4 Å². The number of alkyl halides is 3. The molecule has 0 amide bonds. The van der Waals surface area contributed by atoms with Crippen molar-refractivity contribution in [3.63, 3.8) is 0 Å². The Morgan fingerprint density at radius 1 is 0.846 bits per heavy atom. The molecule has 0 N–H and O–H groups in total. The van der Waals surface area contributed by atoms with Crippen LogP contribution in [0.25, 0.3) is 28.0 Å². The molecular formula is C21H13F3O2. The van der Waals surface area contributed by atoms with Gasteiger partial charge in [0, 0.05) is 12.0 Å². The van der Waals surface area contributed by atoms with Crippen LogP contribution in [-0.4, -0.2) is 12.1 Å². The molecule has 0 aliphatic heterocycles. The number of fused-ring (bicyclic) bond motifs is 2. The van der Waals surface area contributed by atoms with E-state index in [2.05, 4.69) is 4.74 Å². The van der Waals surface area contributed by atoms with E-state index in [1.807, 2.05) is 42.5 Å². The van der Waals surface area contributed by atoms with Crippen molar-refractivity contribution in [3.8, 4) is 16.9 Å². The predicted molar refractivity (Wildman–Crippen MR) is 94.0 cm³/mol. The van der Waals surface area contributed by atoms with Gasteiger partial charge in [-0.2, -0.15) is 0 Å². The minimum atomic E-state index is -4.70. The first-order chi connectivity index (χ1) is 12.4. The van der Waals surface area contributed by atoms with Crippen molar-refractivity contribution in [2.24, 2.45) is 0 Å². The molecule has 0 saturated heterocycles. The first kappa shape index (κ1) is 16.4. The van der Waals surface area contributed by atoms with Crippen molar-refractivity contribution < 1.29 is 22.7 Å². The Labute approximate surface area is 147 Å². The molecule has 3 aromatic rings. The third kappa shape index (κ3) is 3.20. The first-order valence-corrected chi connectivity index (χ1v) is 8.03. The summed E-state index contributed by atoms with van der Waals surface area (Å²) in [5.41, 5.74) is 3.24. The van der Waals surface area contributed by atoms with Gasteiger partial charge in [-0.05, 0) is 57.8 Å². The lowest BCUT2D eigenvalue weighted by molar-refractivity contribution is -0.274. The number of halogens is 3. The fraction of sp³-hybridized carbons (Fsp3) is 0.0952. The zero-order chi connectivity index (χ0) is 18.3. The fourth-order valence-electron chi connectivity index (χ4n) is 3.13. The molecule has 1 aliphatic carbocycles. The Kier molecular flexibility index (Phi) is 3.80. The van der Waals surface area contributed by atoms with Crippen molar-refractivity contribution in [3.05, 3.63) is 71.8 Å². The number of benzene rings is 3. The van der Waals surface area contributed by atoms with E-state index in [4.69, 9.17) is 0 Å². The lowest BCUT2D eigenvalue weighted by Crippen LogP contribution is -2.16. The maximum atomic E-state index is 12.3. The number of allylic oxidation sites excluding steroid dienone is 1. The summed E-state index contributed by atoms with van der Waals surface area (Å²) in [6.45, 7) is 0. The normalized spacial score (nSPS) is 13.7. The van der Waals surface area contributed by atoms with Crippen molar-refractivity contribution >= 4 is 22.6 Å². The van der Waals surface area contributed by atoms with Gasteiger partial charge in [-0.25, -0.2) is 0 Å². The highest BCUT2D eigenvalue weighted by molar-refractivity contribution is 6.06. The highest BCUT2D eigenvalue weighted by Gasteiger charge is 2.30. The SMILES string of the molecule is O=C1CC=Cc2cc3ccc(-c4ccc(OC(F)(F)F)cc4)cc3cc21. The van der Waals surface area contributed by atoms with Crippen LogP contribution < -0.4 is 4.74 Å². The van der Waals surface area contributed by atoms with E-state index in [1.54, 1.807) is 12.1 Å². The monoisotopic (exact) mass is 354 g/mol. The summed E-state index contributed by atoms with van der Waals surface area (Å²) in [4.78, 5) is 12.1. The molecule has 0 saturated carbocycles. The van der Waals surface area contributed by atoms with E-state index >= 15 is 0 Å². The van der Waals surface area contributed by atoms with E-state index in [0.717, 1.165) is 27.5 Å². The molecule has 0 heterocycles. The molecule has 4 rings (SSSR count). The zero-order valence-corrected chi connectivity index (χ0v) is 13.5. The zero-order valence-electron chi connectivity index (χ0n) is 13.5. The molecule has 5 heteroatoms.